The number of rotatable bonds is 6. The van der Waals surface area contributed by atoms with E-state index >= 15 is 0 Å². The molecule has 2 aromatic rings. The van der Waals surface area contributed by atoms with Crippen LogP contribution in [0.1, 0.15) is 0 Å². The van der Waals surface area contributed by atoms with Crippen LogP contribution in [0.2, 0.25) is 0 Å². The minimum Gasteiger partial charge on any atom is -0.466 e. The van der Waals surface area contributed by atoms with Gasteiger partial charge in [0.2, 0.25) is 0 Å². The summed E-state index contributed by atoms with van der Waals surface area (Å²) < 4.78 is 20.5. The fourth-order valence-corrected chi connectivity index (χ4v) is 2.90. The summed E-state index contributed by atoms with van der Waals surface area (Å²) >= 11 is 0. The number of anilines is 1. The Balaban J connectivity index is 2.07. The van der Waals surface area contributed by atoms with Gasteiger partial charge in [-0.3, -0.25) is 10.1 Å². The standard InChI is InChI=1S/C20H18N2O8/c1-27-19(23)15-11-29-12-21(18(15)20(24)28-2)16-9-8-14(10-17(16)22(25)26)30-13-6-4-3-5-7-13/h3-10H,11-12H2,1-2H3. The number of hydrogen-bond acceptors (Lipinski definition) is 9. The highest BCUT2D eigenvalue weighted by atomic mass is 16.6. The van der Waals surface area contributed by atoms with Crippen molar-refractivity contribution in [2.24, 2.45) is 0 Å². The van der Waals surface area contributed by atoms with Gasteiger partial charge in [-0.1, -0.05) is 18.2 Å². The Bertz CT molecular complexity index is 1000. The van der Waals surface area contributed by atoms with Gasteiger partial charge in [0.1, 0.15) is 29.6 Å². The Morgan fingerprint density at radius 1 is 1.03 bits per heavy atom. The molecule has 0 aromatic heterocycles. The van der Waals surface area contributed by atoms with Gasteiger partial charge in [-0.15, -0.1) is 0 Å². The van der Waals surface area contributed by atoms with E-state index in [2.05, 4.69) is 0 Å². The zero-order valence-electron chi connectivity index (χ0n) is 16.2. The Kier molecular flexibility index (Phi) is 6.28. The molecule has 0 amide bonds. The van der Waals surface area contributed by atoms with E-state index in [4.69, 9.17) is 18.9 Å². The number of methoxy groups -OCH3 is 2. The highest BCUT2D eigenvalue weighted by molar-refractivity contribution is 6.03. The van der Waals surface area contributed by atoms with E-state index in [1.807, 2.05) is 6.07 Å². The zero-order valence-corrected chi connectivity index (χ0v) is 16.2. The Labute approximate surface area is 171 Å². The number of esters is 2. The van der Waals surface area contributed by atoms with E-state index in [1.165, 1.54) is 23.1 Å². The van der Waals surface area contributed by atoms with Crippen LogP contribution in [0.4, 0.5) is 11.4 Å². The molecule has 10 nitrogen and oxygen atoms in total. The normalized spacial score (nSPS) is 13.6. The van der Waals surface area contributed by atoms with Crippen LogP contribution in [0.15, 0.2) is 59.8 Å². The first-order valence-electron chi connectivity index (χ1n) is 8.72. The van der Waals surface area contributed by atoms with Crippen molar-refractivity contribution in [3.05, 3.63) is 69.9 Å². The van der Waals surface area contributed by atoms with E-state index in [0.29, 0.717) is 5.75 Å². The summed E-state index contributed by atoms with van der Waals surface area (Å²) in [4.78, 5) is 36.8. The molecule has 0 aliphatic carbocycles. The van der Waals surface area contributed by atoms with E-state index < -0.39 is 16.9 Å². The van der Waals surface area contributed by atoms with Crippen LogP contribution >= 0.6 is 0 Å². The van der Waals surface area contributed by atoms with E-state index in [-0.39, 0.29) is 41.7 Å². The lowest BCUT2D eigenvalue weighted by atomic mass is 10.1. The van der Waals surface area contributed by atoms with Crippen LogP contribution in [0.25, 0.3) is 0 Å². The smallest absolute Gasteiger partial charge is 0.355 e. The first kappa shape index (κ1) is 20.8. The van der Waals surface area contributed by atoms with E-state index in [0.717, 1.165) is 14.2 Å². The molecular weight excluding hydrogens is 396 g/mol. The molecule has 1 heterocycles. The molecule has 0 fully saturated rings. The molecule has 0 atom stereocenters. The number of nitro groups is 1. The predicted octanol–water partition coefficient (Wildman–Crippen LogP) is 2.78. The van der Waals surface area contributed by atoms with Crippen LogP contribution < -0.4 is 9.64 Å². The molecule has 10 heteroatoms. The number of ether oxygens (including phenoxy) is 4. The molecule has 0 bridgehead atoms. The third-order valence-corrected chi connectivity index (χ3v) is 4.25. The highest BCUT2D eigenvalue weighted by Crippen LogP contribution is 2.37. The number of carbonyl (C=O) groups excluding carboxylic acids is 2. The SMILES string of the molecule is COC(=O)C1=C(C(=O)OC)N(c2ccc(Oc3ccccc3)cc2[N+](=O)[O-])COC1. The van der Waals surface area contributed by atoms with Crippen LogP contribution in [0.5, 0.6) is 11.5 Å². The summed E-state index contributed by atoms with van der Waals surface area (Å²) in [6, 6.07) is 12.9. The zero-order chi connectivity index (χ0) is 21.7. The number of nitrogens with zero attached hydrogens (tertiary/aromatic N) is 2. The van der Waals surface area contributed by atoms with Gasteiger partial charge < -0.3 is 23.8 Å². The number of para-hydroxylation sites is 1. The van der Waals surface area contributed by atoms with Gasteiger partial charge in [-0.25, -0.2) is 9.59 Å². The van der Waals surface area contributed by atoms with Crippen molar-refractivity contribution in [3.63, 3.8) is 0 Å². The van der Waals surface area contributed by atoms with Crippen molar-refractivity contribution in [2.45, 2.75) is 0 Å². The predicted molar refractivity (Wildman–Crippen MR) is 104 cm³/mol. The minimum atomic E-state index is -0.849. The molecule has 2 aromatic carbocycles. The molecule has 0 saturated carbocycles. The highest BCUT2D eigenvalue weighted by Gasteiger charge is 2.35. The Morgan fingerprint density at radius 2 is 1.73 bits per heavy atom. The van der Waals surface area contributed by atoms with Crippen LogP contribution in [0, 0.1) is 10.1 Å². The van der Waals surface area contributed by atoms with Crippen molar-refractivity contribution in [3.8, 4) is 11.5 Å². The average Bonchev–Trinajstić information content (AvgIpc) is 2.78. The molecule has 0 saturated heterocycles. The summed E-state index contributed by atoms with van der Waals surface area (Å²) in [5.74, 6) is -0.917. The van der Waals surface area contributed by atoms with Crippen molar-refractivity contribution in [1.82, 2.24) is 0 Å². The first-order chi connectivity index (χ1) is 14.5. The van der Waals surface area contributed by atoms with Crippen LogP contribution in [-0.4, -0.2) is 44.4 Å². The van der Waals surface area contributed by atoms with Crippen LogP contribution in [-0.2, 0) is 23.8 Å². The molecule has 0 unspecified atom stereocenters. The van der Waals surface area contributed by atoms with Gasteiger partial charge in [0.15, 0.2) is 0 Å². The van der Waals surface area contributed by atoms with Crippen molar-refractivity contribution >= 4 is 23.3 Å². The molecule has 1 aliphatic rings. The number of benzene rings is 2. The molecular formula is C20H18N2O8. The number of hydrogen-bond donors (Lipinski definition) is 0. The molecule has 3 rings (SSSR count). The van der Waals surface area contributed by atoms with Gasteiger partial charge in [0.25, 0.3) is 5.69 Å². The van der Waals surface area contributed by atoms with Gasteiger partial charge in [-0.05, 0) is 24.3 Å². The third-order valence-electron chi connectivity index (χ3n) is 4.25. The summed E-state index contributed by atoms with van der Waals surface area (Å²) in [6.07, 6.45) is 0. The second-order valence-electron chi connectivity index (χ2n) is 6.04. The Hall–Kier alpha value is -3.92. The Morgan fingerprint density at radius 3 is 2.37 bits per heavy atom. The largest absolute Gasteiger partial charge is 0.466 e. The summed E-state index contributed by atoms with van der Waals surface area (Å²) in [5, 5.41) is 11.7. The van der Waals surface area contributed by atoms with E-state index in [9.17, 15) is 19.7 Å². The van der Waals surface area contributed by atoms with Gasteiger partial charge in [-0.2, -0.15) is 0 Å². The topological polar surface area (TPSA) is 117 Å². The molecule has 30 heavy (non-hydrogen) atoms. The summed E-state index contributed by atoms with van der Waals surface area (Å²) in [6.45, 7) is -0.402. The monoisotopic (exact) mass is 414 g/mol. The van der Waals surface area contributed by atoms with E-state index in [1.54, 1.807) is 24.3 Å². The number of nitro benzene ring substituents is 1. The summed E-state index contributed by atoms with van der Waals surface area (Å²) in [7, 11) is 2.30. The maximum absolute atomic E-state index is 12.4. The third kappa shape index (κ3) is 4.23. The molecule has 0 spiro atoms. The quantitative estimate of drug-likeness (QED) is 0.399. The lowest BCUT2D eigenvalue weighted by molar-refractivity contribution is -0.384. The van der Waals surface area contributed by atoms with Gasteiger partial charge >= 0.3 is 11.9 Å². The lowest BCUT2D eigenvalue weighted by Gasteiger charge is -2.30. The first-order valence-corrected chi connectivity index (χ1v) is 8.72. The van der Waals surface area contributed by atoms with Crippen molar-refractivity contribution in [2.75, 3.05) is 32.5 Å². The maximum atomic E-state index is 12.4. The average molecular weight is 414 g/mol. The fourth-order valence-electron chi connectivity index (χ4n) is 2.90. The van der Waals surface area contributed by atoms with Crippen molar-refractivity contribution < 1.29 is 33.5 Å². The van der Waals surface area contributed by atoms with Gasteiger partial charge in [0.05, 0.1) is 37.4 Å². The molecule has 156 valence electrons. The number of carbonyl (C=O) groups is 2. The minimum absolute atomic E-state index is 0.0296. The lowest BCUT2D eigenvalue weighted by Crippen LogP contribution is -2.39. The molecule has 0 N–H and O–H groups in total. The van der Waals surface area contributed by atoms with Crippen molar-refractivity contribution in [1.29, 1.82) is 0 Å². The van der Waals surface area contributed by atoms with Crippen LogP contribution in [0.3, 0.4) is 0 Å². The van der Waals surface area contributed by atoms with Gasteiger partial charge in [0, 0.05) is 0 Å². The maximum Gasteiger partial charge on any atom is 0.355 e. The second kappa shape index (κ2) is 9.05. The molecule has 1 aliphatic heterocycles. The fraction of sp³-hybridized carbons (Fsp3) is 0.200. The summed E-state index contributed by atoms with van der Waals surface area (Å²) in [5.41, 5.74) is -0.605. The molecule has 0 radical (unpaired) electrons. The second-order valence-corrected chi connectivity index (χ2v) is 6.04.